The highest BCUT2D eigenvalue weighted by Gasteiger charge is 2.30. The molecule has 0 radical (unpaired) electrons. The first kappa shape index (κ1) is 13.7. The Balaban J connectivity index is 1.79. The van der Waals surface area contributed by atoms with E-state index in [0.717, 1.165) is 25.2 Å². The Kier molecular flexibility index (Phi) is 3.92. The number of carbonyl (C=O) groups is 1. The Morgan fingerprint density at radius 2 is 2.10 bits per heavy atom. The molecule has 2 aromatic rings. The van der Waals surface area contributed by atoms with Crippen LogP contribution in [0.1, 0.15) is 11.6 Å². The maximum atomic E-state index is 12.5. The van der Waals surface area contributed by atoms with Crippen LogP contribution in [0.5, 0.6) is 0 Å². The summed E-state index contributed by atoms with van der Waals surface area (Å²) >= 11 is 0. The molecule has 0 spiro atoms. The van der Waals surface area contributed by atoms with Crippen LogP contribution in [-0.2, 0) is 11.3 Å². The second-order valence-corrected chi connectivity index (χ2v) is 5.28. The van der Waals surface area contributed by atoms with E-state index in [-0.39, 0.29) is 18.5 Å². The van der Waals surface area contributed by atoms with Crippen LogP contribution in [0.25, 0.3) is 0 Å². The van der Waals surface area contributed by atoms with E-state index in [4.69, 9.17) is 0 Å². The maximum absolute atomic E-state index is 12.5. The number of hydrogen-bond donors (Lipinski definition) is 0. The lowest BCUT2D eigenvalue weighted by molar-refractivity contribution is -0.137. The first-order valence-electron chi connectivity index (χ1n) is 6.98. The van der Waals surface area contributed by atoms with Crippen molar-refractivity contribution in [3.05, 3.63) is 42.2 Å². The van der Waals surface area contributed by atoms with E-state index < -0.39 is 0 Å². The molecule has 0 N–H and O–H groups in total. The third kappa shape index (κ3) is 3.08. The molecule has 0 bridgehead atoms. The smallest absolute Gasteiger partial charge is 0.245 e. The van der Waals surface area contributed by atoms with Gasteiger partial charge in [-0.2, -0.15) is 0 Å². The normalized spacial score (nSPS) is 19.7. The summed E-state index contributed by atoms with van der Waals surface area (Å²) in [6.45, 7) is 2.62. The van der Waals surface area contributed by atoms with Crippen molar-refractivity contribution < 1.29 is 4.79 Å². The summed E-state index contributed by atoms with van der Waals surface area (Å²) < 4.78 is 1.46. The fourth-order valence-corrected chi connectivity index (χ4v) is 2.66. The molecule has 110 valence electrons. The number of aromatic nitrogens is 4. The molecule has 2 heterocycles. The average Bonchev–Trinajstić information content (AvgIpc) is 3.01. The molecular formula is C14H18N6O. The summed E-state index contributed by atoms with van der Waals surface area (Å²) in [4.78, 5) is 16.7. The number of rotatable bonds is 3. The Morgan fingerprint density at radius 1 is 1.29 bits per heavy atom. The number of carbonyl (C=O) groups excluding carboxylic acids is 1. The lowest BCUT2D eigenvalue weighted by Gasteiger charge is -2.40. The van der Waals surface area contributed by atoms with Crippen molar-refractivity contribution in [2.75, 3.05) is 26.7 Å². The molecule has 0 saturated carbocycles. The van der Waals surface area contributed by atoms with Crippen LogP contribution < -0.4 is 0 Å². The fourth-order valence-electron chi connectivity index (χ4n) is 2.66. The van der Waals surface area contributed by atoms with Gasteiger partial charge >= 0.3 is 0 Å². The van der Waals surface area contributed by atoms with Crippen LogP contribution in [-0.4, -0.2) is 62.6 Å². The van der Waals surface area contributed by atoms with Gasteiger partial charge in [0, 0.05) is 19.6 Å². The topological polar surface area (TPSA) is 67.2 Å². The Hall–Kier alpha value is -2.28. The predicted molar refractivity (Wildman–Crippen MR) is 76.2 cm³/mol. The zero-order chi connectivity index (χ0) is 14.7. The van der Waals surface area contributed by atoms with Crippen molar-refractivity contribution in [2.24, 2.45) is 0 Å². The highest BCUT2D eigenvalue weighted by molar-refractivity contribution is 5.76. The second kappa shape index (κ2) is 6.01. The molecule has 1 saturated heterocycles. The van der Waals surface area contributed by atoms with E-state index >= 15 is 0 Å². The molecule has 3 rings (SSSR count). The van der Waals surface area contributed by atoms with Crippen molar-refractivity contribution in [1.29, 1.82) is 0 Å². The summed E-state index contributed by atoms with van der Waals surface area (Å²) in [5.74, 6) is 0.0456. The van der Waals surface area contributed by atoms with Gasteiger partial charge in [-0.25, -0.2) is 4.68 Å². The van der Waals surface area contributed by atoms with Gasteiger partial charge in [0.1, 0.15) is 12.9 Å². The number of hydrogen-bond acceptors (Lipinski definition) is 5. The van der Waals surface area contributed by atoms with Crippen molar-refractivity contribution in [1.82, 2.24) is 30.0 Å². The average molecular weight is 286 g/mol. The van der Waals surface area contributed by atoms with Crippen molar-refractivity contribution in [3.63, 3.8) is 0 Å². The van der Waals surface area contributed by atoms with Gasteiger partial charge in [-0.1, -0.05) is 30.3 Å². The number of amides is 1. The molecule has 1 aromatic heterocycles. The number of tetrazole rings is 1. The largest absolute Gasteiger partial charge is 0.331 e. The molecule has 1 amide bonds. The monoisotopic (exact) mass is 286 g/mol. The molecule has 0 unspecified atom stereocenters. The third-order valence-electron chi connectivity index (χ3n) is 3.78. The van der Waals surface area contributed by atoms with Crippen LogP contribution in [0, 0.1) is 0 Å². The molecule has 1 aliphatic heterocycles. The van der Waals surface area contributed by atoms with Crippen molar-refractivity contribution in [2.45, 2.75) is 12.6 Å². The van der Waals surface area contributed by atoms with Gasteiger partial charge in [-0.3, -0.25) is 4.79 Å². The fraction of sp³-hybridized carbons (Fsp3) is 0.429. The maximum Gasteiger partial charge on any atom is 0.245 e. The number of piperazine rings is 1. The molecule has 1 aromatic carbocycles. The zero-order valence-corrected chi connectivity index (χ0v) is 12.0. The van der Waals surface area contributed by atoms with Gasteiger partial charge in [0.05, 0.1) is 6.04 Å². The summed E-state index contributed by atoms with van der Waals surface area (Å²) in [5.41, 5.74) is 1.16. The van der Waals surface area contributed by atoms with Crippen LogP contribution in [0.2, 0.25) is 0 Å². The number of nitrogens with zero attached hydrogens (tertiary/aromatic N) is 6. The van der Waals surface area contributed by atoms with E-state index in [1.54, 1.807) is 0 Å². The van der Waals surface area contributed by atoms with E-state index in [0.29, 0.717) is 0 Å². The first-order chi connectivity index (χ1) is 10.2. The second-order valence-electron chi connectivity index (χ2n) is 5.28. The van der Waals surface area contributed by atoms with Gasteiger partial charge in [0.25, 0.3) is 0 Å². The van der Waals surface area contributed by atoms with E-state index in [1.165, 1.54) is 11.0 Å². The van der Waals surface area contributed by atoms with Crippen LogP contribution in [0.15, 0.2) is 36.7 Å². The highest BCUT2D eigenvalue weighted by Crippen LogP contribution is 2.25. The zero-order valence-electron chi connectivity index (χ0n) is 12.0. The van der Waals surface area contributed by atoms with Gasteiger partial charge in [0.2, 0.25) is 5.91 Å². The molecule has 1 atom stereocenters. The summed E-state index contributed by atoms with van der Waals surface area (Å²) in [6.07, 6.45) is 1.46. The van der Waals surface area contributed by atoms with Crippen LogP contribution >= 0.6 is 0 Å². The van der Waals surface area contributed by atoms with E-state index in [9.17, 15) is 4.79 Å². The number of benzene rings is 1. The minimum Gasteiger partial charge on any atom is -0.331 e. The molecule has 1 fully saturated rings. The quantitative estimate of drug-likeness (QED) is 0.805. The standard InChI is InChI=1S/C14H18N6O/c1-18-7-8-20(14(21)10-19-11-15-16-17-19)13(9-18)12-5-3-2-4-6-12/h2-6,11,13H,7-10H2,1H3/t13-/m0/s1. The molecule has 1 aliphatic rings. The van der Waals surface area contributed by atoms with E-state index in [1.807, 2.05) is 23.1 Å². The summed E-state index contributed by atoms with van der Waals surface area (Å²) in [7, 11) is 2.08. The van der Waals surface area contributed by atoms with E-state index in [2.05, 4.69) is 39.6 Å². The van der Waals surface area contributed by atoms with Gasteiger partial charge in [-0.15, -0.1) is 5.10 Å². The minimum absolute atomic E-state index is 0.0456. The van der Waals surface area contributed by atoms with Crippen molar-refractivity contribution in [3.8, 4) is 0 Å². The van der Waals surface area contributed by atoms with Crippen molar-refractivity contribution >= 4 is 5.91 Å². The molecule has 7 nitrogen and oxygen atoms in total. The molecular weight excluding hydrogens is 268 g/mol. The van der Waals surface area contributed by atoms with Crippen LogP contribution in [0.3, 0.4) is 0 Å². The van der Waals surface area contributed by atoms with Gasteiger partial charge in [0.15, 0.2) is 0 Å². The number of likely N-dealkylation sites (N-methyl/N-ethyl adjacent to an activating group) is 1. The van der Waals surface area contributed by atoms with Gasteiger partial charge in [-0.05, 0) is 23.0 Å². The lowest BCUT2D eigenvalue weighted by atomic mass is 10.0. The Labute approximate surface area is 123 Å². The molecule has 0 aliphatic carbocycles. The summed E-state index contributed by atoms with van der Waals surface area (Å²) in [5, 5.41) is 10.9. The molecule has 7 heteroatoms. The van der Waals surface area contributed by atoms with Crippen LogP contribution in [0.4, 0.5) is 0 Å². The summed E-state index contributed by atoms with van der Waals surface area (Å²) in [6, 6.07) is 10.2. The Bertz CT molecular complexity index is 585. The van der Waals surface area contributed by atoms with Gasteiger partial charge < -0.3 is 9.80 Å². The molecule has 21 heavy (non-hydrogen) atoms. The SMILES string of the molecule is CN1CCN(C(=O)Cn2cnnn2)[C@H](c2ccccc2)C1. The Morgan fingerprint density at radius 3 is 2.81 bits per heavy atom. The highest BCUT2D eigenvalue weighted by atomic mass is 16.2. The predicted octanol–water partition coefficient (Wildman–Crippen LogP) is 0.188. The minimum atomic E-state index is 0.0456. The third-order valence-corrected chi connectivity index (χ3v) is 3.78. The lowest BCUT2D eigenvalue weighted by Crippen LogP contribution is -2.50. The first-order valence-corrected chi connectivity index (χ1v) is 6.98.